The number of nitrogens with zero attached hydrogens (tertiary/aromatic N) is 1. The molecule has 3 rings (SSSR count). The summed E-state index contributed by atoms with van der Waals surface area (Å²) in [6.07, 6.45) is 3.21. The van der Waals surface area contributed by atoms with Crippen molar-refractivity contribution in [1.29, 1.82) is 0 Å². The average Bonchev–Trinajstić information content (AvgIpc) is 2.89. The molecule has 0 aliphatic carbocycles. The van der Waals surface area contributed by atoms with E-state index in [-0.39, 0.29) is 5.91 Å². The summed E-state index contributed by atoms with van der Waals surface area (Å²) in [6, 6.07) is 18.9. The fourth-order valence-electron chi connectivity index (χ4n) is 2.59. The van der Waals surface area contributed by atoms with Gasteiger partial charge in [-0.15, -0.1) is 0 Å². The zero-order valence-electron chi connectivity index (χ0n) is 11.8. The van der Waals surface area contributed by atoms with Crippen LogP contribution < -0.4 is 5.73 Å². The Morgan fingerprint density at radius 1 is 1.00 bits per heavy atom. The van der Waals surface area contributed by atoms with Crippen molar-refractivity contribution in [2.24, 2.45) is 5.73 Å². The van der Waals surface area contributed by atoms with Crippen molar-refractivity contribution in [2.45, 2.75) is 19.4 Å². The third-order valence-corrected chi connectivity index (χ3v) is 3.69. The van der Waals surface area contributed by atoms with Gasteiger partial charge in [-0.3, -0.25) is 4.79 Å². The average molecular weight is 278 g/mol. The quantitative estimate of drug-likeness (QED) is 0.766. The fraction of sp³-hybridized carbons (Fsp3) is 0.167. The summed E-state index contributed by atoms with van der Waals surface area (Å²) in [7, 11) is 0. The van der Waals surface area contributed by atoms with Crippen LogP contribution in [0.25, 0.3) is 10.9 Å². The number of aryl methyl sites for hydroxylation is 1. The molecule has 0 aliphatic heterocycles. The summed E-state index contributed by atoms with van der Waals surface area (Å²) in [5, 5.41) is 1.20. The van der Waals surface area contributed by atoms with Crippen molar-refractivity contribution in [3.63, 3.8) is 0 Å². The summed E-state index contributed by atoms with van der Waals surface area (Å²) in [4.78, 5) is 10.9. The molecule has 2 N–H and O–H groups in total. The van der Waals surface area contributed by atoms with E-state index in [1.54, 1.807) is 0 Å². The molecule has 0 unspecified atom stereocenters. The summed E-state index contributed by atoms with van der Waals surface area (Å²) in [5.41, 5.74) is 8.85. The third-order valence-electron chi connectivity index (χ3n) is 3.69. The molecule has 3 nitrogen and oxygen atoms in total. The third kappa shape index (κ3) is 3.14. The van der Waals surface area contributed by atoms with Crippen LogP contribution in [0.1, 0.15) is 17.5 Å². The first kappa shape index (κ1) is 13.4. The number of hydrogen-bond acceptors (Lipinski definition) is 1. The molecule has 3 heteroatoms. The maximum Gasteiger partial charge on any atom is 0.217 e. The Morgan fingerprint density at radius 2 is 1.81 bits per heavy atom. The lowest BCUT2D eigenvalue weighted by Gasteiger charge is -2.06. The van der Waals surface area contributed by atoms with Gasteiger partial charge < -0.3 is 10.3 Å². The molecule has 1 amide bonds. The standard InChI is InChI=1S/C18H18N2O/c19-18(21)9-7-14-6-8-17-16(12-14)10-11-20(17)13-15-4-2-1-3-5-15/h1-6,8,10-12H,7,9,13H2,(H2,19,21). The van der Waals surface area contributed by atoms with Crippen LogP contribution in [0.3, 0.4) is 0 Å². The van der Waals surface area contributed by atoms with Gasteiger partial charge in [0, 0.05) is 24.7 Å². The lowest BCUT2D eigenvalue weighted by molar-refractivity contribution is -0.117. The van der Waals surface area contributed by atoms with Gasteiger partial charge in [0.2, 0.25) is 5.91 Å². The molecule has 1 aromatic heterocycles. The molecular formula is C18H18N2O. The number of carbonyl (C=O) groups is 1. The van der Waals surface area contributed by atoms with Crippen LogP contribution >= 0.6 is 0 Å². The van der Waals surface area contributed by atoms with Gasteiger partial charge >= 0.3 is 0 Å². The van der Waals surface area contributed by atoms with E-state index in [4.69, 9.17) is 5.73 Å². The normalized spacial score (nSPS) is 10.9. The lowest BCUT2D eigenvalue weighted by Crippen LogP contribution is -2.11. The van der Waals surface area contributed by atoms with Crippen LogP contribution in [-0.4, -0.2) is 10.5 Å². The zero-order valence-corrected chi connectivity index (χ0v) is 11.8. The highest BCUT2D eigenvalue weighted by Crippen LogP contribution is 2.19. The van der Waals surface area contributed by atoms with Crippen LogP contribution in [0, 0.1) is 0 Å². The largest absolute Gasteiger partial charge is 0.370 e. The van der Waals surface area contributed by atoms with Gasteiger partial charge in [-0.1, -0.05) is 36.4 Å². The van der Waals surface area contributed by atoms with E-state index in [1.165, 1.54) is 16.5 Å². The van der Waals surface area contributed by atoms with Crippen LogP contribution in [0.2, 0.25) is 0 Å². The van der Waals surface area contributed by atoms with Gasteiger partial charge in [0.1, 0.15) is 0 Å². The van der Waals surface area contributed by atoms with E-state index in [2.05, 4.69) is 59.3 Å². The summed E-state index contributed by atoms with van der Waals surface area (Å²) in [5.74, 6) is -0.253. The molecule has 0 saturated carbocycles. The second-order valence-electron chi connectivity index (χ2n) is 5.29. The van der Waals surface area contributed by atoms with E-state index in [0.717, 1.165) is 12.1 Å². The Hall–Kier alpha value is -2.55. The number of carbonyl (C=O) groups excluding carboxylic acids is 1. The van der Waals surface area contributed by atoms with Gasteiger partial charge in [0.25, 0.3) is 0 Å². The summed E-state index contributed by atoms with van der Waals surface area (Å²) in [6.45, 7) is 0.866. The predicted molar refractivity (Wildman–Crippen MR) is 85.0 cm³/mol. The number of benzene rings is 2. The molecule has 1 heterocycles. The minimum Gasteiger partial charge on any atom is -0.370 e. The highest BCUT2D eigenvalue weighted by Gasteiger charge is 2.04. The Labute approximate surface area is 124 Å². The number of hydrogen-bond donors (Lipinski definition) is 1. The van der Waals surface area contributed by atoms with Crippen LogP contribution in [-0.2, 0) is 17.8 Å². The highest BCUT2D eigenvalue weighted by molar-refractivity contribution is 5.81. The van der Waals surface area contributed by atoms with Gasteiger partial charge in [-0.2, -0.15) is 0 Å². The van der Waals surface area contributed by atoms with Crippen LogP contribution in [0.4, 0.5) is 0 Å². The molecule has 2 aromatic carbocycles. The molecule has 3 aromatic rings. The highest BCUT2D eigenvalue weighted by atomic mass is 16.1. The molecule has 0 saturated heterocycles. The molecule has 0 radical (unpaired) electrons. The molecule has 0 bridgehead atoms. The molecule has 21 heavy (non-hydrogen) atoms. The first-order valence-electron chi connectivity index (χ1n) is 7.12. The van der Waals surface area contributed by atoms with E-state index in [0.29, 0.717) is 12.8 Å². The second-order valence-corrected chi connectivity index (χ2v) is 5.29. The monoisotopic (exact) mass is 278 g/mol. The van der Waals surface area contributed by atoms with Gasteiger partial charge in [0.15, 0.2) is 0 Å². The predicted octanol–water partition coefficient (Wildman–Crippen LogP) is 3.11. The van der Waals surface area contributed by atoms with Crippen LogP contribution in [0.15, 0.2) is 60.8 Å². The van der Waals surface area contributed by atoms with Crippen molar-refractivity contribution >= 4 is 16.8 Å². The van der Waals surface area contributed by atoms with Crippen molar-refractivity contribution < 1.29 is 4.79 Å². The van der Waals surface area contributed by atoms with E-state index >= 15 is 0 Å². The first-order valence-corrected chi connectivity index (χ1v) is 7.12. The van der Waals surface area contributed by atoms with E-state index < -0.39 is 0 Å². The SMILES string of the molecule is NC(=O)CCc1ccc2c(ccn2Cc2ccccc2)c1. The summed E-state index contributed by atoms with van der Waals surface area (Å²) >= 11 is 0. The zero-order chi connectivity index (χ0) is 14.7. The van der Waals surface area contributed by atoms with Gasteiger partial charge in [-0.25, -0.2) is 0 Å². The molecule has 0 spiro atoms. The number of amides is 1. The molecule has 0 atom stereocenters. The topological polar surface area (TPSA) is 48.0 Å². The first-order chi connectivity index (χ1) is 10.2. The fourth-order valence-corrected chi connectivity index (χ4v) is 2.59. The van der Waals surface area contributed by atoms with E-state index in [1.807, 2.05) is 6.07 Å². The minimum atomic E-state index is -0.253. The van der Waals surface area contributed by atoms with Crippen LogP contribution in [0.5, 0.6) is 0 Å². The van der Waals surface area contributed by atoms with Crippen molar-refractivity contribution in [1.82, 2.24) is 4.57 Å². The van der Waals surface area contributed by atoms with Gasteiger partial charge in [0.05, 0.1) is 0 Å². The molecule has 0 fully saturated rings. The van der Waals surface area contributed by atoms with Gasteiger partial charge in [-0.05, 0) is 41.1 Å². The maximum absolute atomic E-state index is 10.9. The summed E-state index contributed by atoms with van der Waals surface area (Å²) < 4.78 is 2.24. The lowest BCUT2D eigenvalue weighted by atomic mass is 10.1. The number of nitrogens with two attached hydrogens (primary N) is 1. The number of aromatic nitrogens is 1. The Kier molecular flexibility index (Phi) is 3.73. The van der Waals surface area contributed by atoms with E-state index in [9.17, 15) is 4.79 Å². The van der Waals surface area contributed by atoms with Crippen molar-refractivity contribution in [3.8, 4) is 0 Å². The Balaban J connectivity index is 1.84. The maximum atomic E-state index is 10.9. The number of rotatable bonds is 5. The second kappa shape index (κ2) is 5.83. The molecular weight excluding hydrogens is 260 g/mol. The number of fused-ring (bicyclic) bond motifs is 1. The Morgan fingerprint density at radius 3 is 2.57 bits per heavy atom. The molecule has 106 valence electrons. The minimum absolute atomic E-state index is 0.253. The molecule has 0 aliphatic rings. The Bertz CT molecular complexity index is 759. The number of primary amides is 1. The van der Waals surface area contributed by atoms with Crippen molar-refractivity contribution in [3.05, 3.63) is 71.9 Å². The smallest absolute Gasteiger partial charge is 0.217 e. The van der Waals surface area contributed by atoms with Crippen molar-refractivity contribution in [2.75, 3.05) is 0 Å².